The predicted octanol–water partition coefficient (Wildman–Crippen LogP) is 4.43. The van der Waals surface area contributed by atoms with Crippen LogP contribution in [0.25, 0.3) is 0 Å². The van der Waals surface area contributed by atoms with Crippen LogP contribution in [-0.2, 0) is 25.5 Å². The van der Waals surface area contributed by atoms with Gasteiger partial charge in [-0.25, -0.2) is 23.2 Å². The van der Waals surface area contributed by atoms with E-state index in [2.05, 4.69) is 4.74 Å². The first kappa shape index (κ1) is 21.9. The number of fused-ring (bicyclic) bond motifs is 6. The van der Waals surface area contributed by atoms with Crippen LogP contribution in [0.4, 0.5) is 35.1 Å². The Balaban J connectivity index is 1.78. The van der Waals surface area contributed by atoms with Gasteiger partial charge in [0.1, 0.15) is 0 Å². The molecular formula is C21H6F8O6. The van der Waals surface area contributed by atoms with E-state index in [0.29, 0.717) is 6.07 Å². The molecule has 0 bridgehead atoms. The van der Waals surface area contributed by atoms with E-state index in [1.807, 2.05) is 0 Å². The molecular weight excluding hydrogens is 500 g/mol. The smallest absolute Gasteiger partial charge is 0.429 e. The number of esters is 3. The van der Waals surface area contributed by atoms with Crippen LogP contribution in [0.15, 0.2) is 24.3 Å². The third-order valence-electron chi connectivity index (χ3n) is 6.44. The van der Waals surface area contributed by atoms with Gasteiger partial charge in [0.15, 0.2) is 6.10 Å². The van der Waals surface area contributed by atoms with Crippen molar-refractivity contribution in [1.29, 1.82) is 0 Å². The molecule has 0 N–H and O–H groups in total. The molecule has 1 aliphatic carbocycles. The van der Waals surface area contributed by atoms with E-state index in [1.54, 1.807) is 0 Å². The van der Waals surface area contributed by atoms with Gasteiger partial charge in [-0.15, -0.1) is 0 Å². The lowest BCUT2D eigenvalue weighted by atomic mass is 9.66. The van der Waals surface area contributed by atoms with Gasteiger partial charge >= 0.3 is 30.3 Å². The molecule has 182 valence electrons. The van der Waals surface area contributed by atoms with Gasteiger partial charge in [0, 0.05) is 27.8 Å². The summed E-state index contributed by atoms with van der Waals surface area (Å²) in [5, 5.41) is 0. The molecule has 0 spiro atoms. The summed E-state index contributed by atoms with van der Waals surface area (Å²) < 4.78 is 132. The lowest BCUT2D eigenvalue weighted by molar-refractivity contribution is -0.239. The molecule has 6 rings (SSSR count). The normalized spacial score (nSPS) is 30.5. The maximum atomic E-state index is 16.2. The minimum absolute atomic E-state index is 0.0200. The van der Waals surface area contributed by atoms with E-state index in [1.165, 1.54) is 0 Å². The van der Waals surface area contributed by atoms with E-state index >= 15 is 8.78 Å². The number of ether oxygens (including phenoxy) is 3. The fourth-order valence-electron chi connectivity index (χ4n) is 4.78. The lowest BCUT2D eigenvalue weighted by Gasteiger charge is -2.43. The van der Waals surface area contributed by atoms with Crippen LogP contribution in [0.1, 0.15) is 65.0 Å². The van der Waals surface area contributed by atoms with Gasteiger partial charge in [-0.1, -0.05) is 0 Å². The van der Waals surface area contributed by atoms with Gasteiger partial charge in [-0.05, 0) is 24.3 Å². The average Bonchev–Trinajstić information content (AvgIpc) is 3.47. The van der Waals surface area contributed by atoms with Crippen LogP contribution in [0.3, 0.4) is 0 Å². The van der Waals surface area contributed by atoms with Gasteiger partial charge in [0.05, 0.1) is 16.7 Å². The molecule has 4 atom stereocenters. The number of benzene rings is 2. The summed E-state index contributed by atoms with van der Waals surface area (Å²) in [4.78, 5) is 35.9. The number of carbonyl (C=O) groups is 3. The highest BCUT2D eigenvalue weighted by Gasteiger charge is 2.72. The van der Waals surface area contributed by atoms with E-state index in [0.717, 1.165) is 0 Å². The van der Waals surface area contributed by atoms with E-state index in [-0.39, 0.29) is 18.2 Å². The van der Waals surface area contributed by atoms with Crippen LogP contribution in [-0.4, -0.2) is 36.6 Å². The highest BCUT2D eigenvalue weighted by Crippen LogP contribution is 2.63. The van der Waals surface area contributed by atoms with Crippen molar-refractivity contribution >= 4 is 17.9 Å². The zero-order valence-corrected chi connectivity index (χ0v) is 16.4. The molecule has 2 aromatic rings. The average molecular weight is 506 g/mol. The number of alkyl halides is 8. The molecule has 3 aliphatic heterocycles. The maximum Gasteiger partial charge on any atom is 0.431 e. The highest BCUT2D eigenvalue weighted by atomic mass is 19.4. The molecule has 1 fully saturated rings. The molecule has 0 aromatic heterocycles. The second-order valence-corrected chi connectivity index (χ2v) is 8.25. The van der Waals surface area contributed by atoms with Crippen molar-refractivity contribution in [2.24, 2.45) is 0 Å². The number of halogens is 8. The second kappa shape index (κ2) is 5.98. The number of carbonyl (C=O) groups excluding carboxylic acids is 3. The molecule has 14 heteroatoms. The summed E-state index contributed by atoms with van der Waals surface area (Å²) in [5.74, 6) is -4.40. The van der Waals surface area contributed by atoms with Gasteiger partial charge in [-0.3, -0.25) is 0 Å². The Kier molecular flexibility index (Phi) is 3.75. The standard InChI is InChI=1S/C21H6F8O6/c22-18(20(24,25)26)9-1-5-6(16(32)35-17-13(5)33-17)2-10(9)19(23,21(27,28)29)12-4-8-7(3-11(12)18)14(30)34-15(8)31/h1-4,13,17H. The molecule has 1 saturated heterocycles. The molecule has 3 heterocycles. The second-order valence-electron chi connectivity index (χ2n) is 8.25. The number of epoxide rings is 1. The van der Waals surface area contributed by atoms with Gasteiger partial charge in [-0.2, -0.15) is 26.3 Å². The minimum Gasteiger partial charge on any atom is -0.429 e. The molecule has 4 unspecified atom stereocenters. The molecule has 35 heavy (non-hydrogen) atoms. The third kappa shape index (κ3) is 2.44. The van der Waals surface area contributed by atoms with Crippen LogP contribution in [0.5, 0.6) is 0 Å². The van der Waals surface area contributed by atoms with Gasteiger partial charge in [0.2, 0.25) is 6.29 Å². The summed E-state index contributed by atoms with van der Waals surface area (Å²) in [6, 6.07) is 0.506. The number of rotatable bonds is 0. The van der Waals surface area contributed by atoms with E-state index in [9.17, 15) is 40.7 Å². The zero-order chi connectivity index (χ0) is 25.5. The third-order valence-corrected chi connectivity index (χ3v) is 6.44. The highest BCUT2D eigenvalue weighted by molar-refractivity contribution is 6.15. The van der Waals surface area contributed by atoms with Crippen molar-refractivity contribution in [3.8, 4) is 0 Å². The number of cyclic esters (lactones) is 2. The Labute approximate surface area is 187 Å². The largest absolute Gasteiger partial charge is 0.431 e. The van der Waals surface area contributed by atoms with Gasteiger partial charge in [0.25, 0.3) is 11.3 Å². The number of hydrogen-bond donors (Lipinski definition) is 0. The van der Waals surface area contributed by atoms with E-state index in [4.69, 9.17) is 9.47 Å². The van der Waals surface area contributed by atoms with Crippen LogP contribution in [0.2, 0.25) is 0 Å². The summed E-state index contributed by atoms with van der Waals surface area (Å²) in [5.41, 5.74) is -20.1. The van der Waals surface area contributed by atoms with Crippen molar-refractivity contribution in [2.45, 2.75) is 36.1 Å². The Bertz CT molecular complexity index is 1410. The maximum absolute atomic E-state index is 16.2. The molecule has 0 saturated carbocycles. The van der Waals surface area contributed by atoms with Gasteiger partial charge < -0.3 is 14.2 Å². The Morgan fingerprint density at radius 3 is 1.54 bits per heavy atom. The summed E-state index contributed by atoms with van der Waals surface area (Å²) in [6.07, 6.45) is -14.4. The fourth-order valence-corrected chi connectivity index (χ4v) is 4.78. The van der Waals surface area contributed by atoms with Crippen LogP contribution < -0.4 is 0 Å². The first-order valence-electron chi connectivity index (χ1n) is 9.63. The lowest BCUT2D eigenvalue weighted by Crippen LogP contribution is -2.52. The number of hydrogen-bond acceptors (Lipinski definition) is 6. The zero-order valence-electron chi connectivity index (χ0n) is 16.4. The van der Waals surface area contributed by atoms with Crippen molar-refractivity contribution in [3.05, 3.63) is 68.8 Å². The van der Waals surface area contributed by atoms with Crippen molar-refractivity contribution in [3.63, 3.8) is 0 Å². The summed E-state index contributed by atoms with van der Waals surface area (Å²) in [7, 11) is 0. The van der Waals surface area contributed by atoms with Crippen molar-refractivity contribution in [1.82, 2.24) is 0 Å². The van der Waals surface area contributed by atoms with Crippen LogP contribution >= 0.6 is 0 Å². The van der Waals surface area contributed by atoms with Crippen LogP contribution in [0, 0.1) is 0 Å². The van der Waals surface area contributed by atoms with Crippen molar-refractivity contribution < 1.29 is 63.7 Å². The predicted molar refractivity (Wildman–Crippen MR) is 91.5 cm³/mol. The fraction of sp³-hybridized carbons (Fsp3) is 0.286. The Morgan fingerprint density at radius 2 is 1.09 bits per heavy atom. The SMILES string of the molecule is O=C1OC(=O)c2cc3c(cc21)C(F)(C(F)(F)F)c1cc2c(cc1C3(F)C(F)(F)F)C1OC1OC2=O. The molecule has 4 aliphatic rings. The Hall–Kier alpha value is -3.55. The van der Waals surface area contributed by atoms with E-state index < -0.39 is 98.5 Å². The monoisotopic (exact) mass is 506 g/mol. The first-order chi connectivity index (χ1) is 16.1. The molecule has 0 radical (unpaired) electrons. The Morgan fingerprint density at radius 1 is 0.657 bits per heavy atom. The first-order valence-corrected chi connectivity index (χ1v) is 9.63. The quantitative estimate of drug-likeness (QED) is 0.228. The molecule has 6 nitrogen and oxygen atoms in total. The molecule has 0 amide bonds. The summed E-state index contributed by atoms with van der Waals surface area (Å²) in [6.45, 7) is 0. The minimum atomic E-state index is -6.00. The summed E-state index contributed by atoms with van der Waals surface area (Å²) >= 11 is 0. The topological polar surface area (TPSA) is 82.2 Å². The van der Waals surface area contributed by atoms with Crippen molar-refractivity contribution in [2.75, 3.05) is 0 Å². The molecule has 2 aromatic carbocycles.